The predicted octanol–water partition coefficient (Wildman–Crippen LogP) is 7.27. The van der Waals surface area contributed by atoms with Gasteiger partial charge >= 0.3 is 0 Å². The Morgan fingerprint density at radius 1 is 0.538 bits per heavy atom. The first kappa shape index (κ1) is 14.3. The molecule has 0 atom stereocenters. The van der Waals surface area contributed by atoms with Crippen molar-refractivity contribution in [3.8, 4) is 11.1 Å². The van der Waals surface area contributed by atoms with Crippen molar-refractivity contribution in [1.29, 1.82) is 0 Å². The van der Waals surface area contributed by atoms with Crippen LogP contribution in [0, 0.1) is 0 Å². The number of fused-ring (bicyclic) bond motifs is 6. The summed E-state index contributed by atoms with van der Waals surface area (Å²) in [7, 11) is 0. The Morgan fingerprint density at radius 3 is 1.77 bits per heavy atom. The maximum Gasteiger partial charge on any atom is 0.0620 e. The van der Waals surface area contributed by atoms with Crippen LogP contribution >= 0.6 is 15.9 Å². The molecule has 4 aromatic carbocycles. The topological polar surface area (TPSA) is 4.41 Å². The van der Waals surface area contributed by atoms with Gasteiger partial charge in [0.1, 0.15) is 0 Å². The molecule has 2 aromatic heterocycles. The molecule has 0 aliphatic carbocycles. The summed E-state index contributed by atoms with van der Waals surface area (Å²) in [6.07, 6.45) is 0. The van der Waals surface area contributed by atoms with E-state index >= 15 is 0 Å². The number of hydrogen-bond acceptors (Lipinski definition) is 0. The number of rotatable bonds is 1. The molecule has 0 spiro atoms. The zero-order valence-corrected chi connectivity index (χ0v) is 15.5. The SMILES string of the molecule is Brc1cccc(-c2cc3c4ccccc4n4c5ccccc5c(c2)c34)c1. The van der Waals surface area contributed by atoms with Crippen LogP contribution in [0.4, 0.5) is 0 Å². The minimum atomic E-state index is 1.11. The monoisotopic (exact) mass is 395 g/mol. The van der Waals surface area contributed by atoms with Crippen molar-refractivity contribution in [3.63, 3.8) is 0 Å². The van der Waals surface area contributed by atoms with E-state index in [4.69, 9.17) is 0 Å². The summed E-state index contributed by atoms with van der Waals surface area (Å²) in [6.45, 7) is 0. The van der Waals surface area contributed by atoms with E-state index in [1.807, 2.05) is 0 Å². The summed E-state index contributed by atoms with van der Waals surface area (Å²) < 4.78 is 3.52. The molecule has 0 aliphatic heterocycles. The third-order valence-corrected chi connectivity index (χ3v) is 5.85. The number of benzene rings is 4. The van der Waals surface area contributed by atoms with Gasteiger partial charge in [0.15, 0.2) is 0 Å². The second-order valence-electron chi connectivity index (χ2n) is 6.80. The molecule has 0 saturated heterocycles. The van der Waals surface area contributed by atoms with Gasteiger partial charge in [-0.1, -0.05) is 64.5 Å². The molecule has 0 fully saturated rings. The molecule has 6 rings (SSSR count). The molecule has 0 unspecified atom stereocenters. The molecule has 6 aromatic rings. The third kappa shape index (κ3) is 1.80. The normalized spacial score (nSPS) is 12.0. The number of nitrogens with zero attached hydrogens (tertiary/aromatic N) is 1. The van der Waals surface area contributed by atoms with E-state index in [2.05, 4.69) is 105 Å². The Bertz CT molecular complexity index is 1360. The minimum Gasteiger partial charge on any atom is -0.308 e. The molecule has 2 heterocycles. The first-order valence-electron chi connectivity index (χ1n) is 8.74. The molecule has 0 bridgehead atoms. The van der Waals surface area contributed by atoms with E-state index in [-0.39, 0.29) is 0 Å². The van der Waals surface area contributed by atoms with Gasteiger partial charge in [-0.25, -0.2) is 0 Å². The second kappa shape index (κ2) is 5.09. The lowest BCUT2D eigenvalue weighted by Gasteiger charge is -2.04. The van der Waals surface area contributed by atoms with Gasteiger partial charge < -0.3 is 4.40 Å². The second-order valence-corrected chi connectivity index (χ2v) is 7.72. The average molecular weight is 396 g/mol. The molecule has 0 saturated carbocycles. The van der Waals surface area contributed by atoms with E-state index in [1.165, 1.54) is 49.2 Å². The molecule has 0 amide bonds. The molecular formula is C24H14BrN. The summed E-state index contributed by atoms with van der Waals surface area (Å²) in [5, 5.41) is 5.28. The van der Waals surface area contributed by atoms with Gasteiger partial charge in [-0.2, -0.15) is 0 Å². The Morgan fingerprint density at radius 2 is 1.15 bits per heavy atom. The first-order valence-corrected chi connectivity index (χ1v) is 9.53. The van der Waals surface area contributed by atoms with Crippen molar-refractivity contribution in [1.82, 2.24) is 4.40 Å². The van der Waals surface area contributed by atoms with Crippen molar-refractivity contribution in [2.24, 2.45) is 0 Å². The van der Waals surface area contributed by atoms with Gasteiger partial charge in [0.25, 0.3) is 0 Å². The molecule has 0 aliphatic rings. The highest BCUT2D eigenvalue weighted by Crippen LogP contribution is 2.41. The van der Waals surface area contributed by atoms with Gasteiger partial charge in [-0.15, -0.1) is 0 Å². The molecule has 122 valence electrons. The number of halogens is 1. The van der Waals surface area contributed by atoms with E-state index in [0.29, 0.717) is 0 Å². The van der Waals surface area contributed by atoms with Crippen LogP contribution in [0.25, 0.3) is 49.2 Å². The zero-order chi connectivity index (χ0) is 17.3. The first-order chi connectivity index (χ1) is 12.8. The lowest BCUT2D eigenvalue weighted by atomic mass is 9.99. The summed E-state index contributed by atoms with van der Waals surface area (Å²) >= 11 is 3.61. The molecule has 26 heavy (non-hydrogen) atoms. The molecule has 1 nitrogen and oxygen atoms in total. The standard InChI is InChI=1S/C24H14BrN/c25-17-7-5-6-15(12-17)16-13-20-18-8-1-3-10-22(18)26-23-11-4-2-9-19(23)21(14-16)24(20)26/h1-14H. The van der Waals surface area contributed by atoms with Crippen molar-refractivity contribution >= 4 is 54.0 Å². The van der Waals surface area contributed by atoms with Crippen LogP contribution in [0.15, 0.2) is 89.4 Å². The van der Waals surface area contributed by atoms with Gasteiger partial charge in [0.05, 0.1) is 16.6 Å². The van der Waals surface area contributed by atoms with Gasteiger partial charge in [0.2, 0.25) is 0 Å². The summed E-state index contributed by atoms with van der Waals surface area (Å²) in [4.78, 5) is 0. The average Bonchev–Trinajstić information content (AvgIpc) is 3.19. The largest absolute Gasteiger partial charge is 0.308 e. The van der Waals surface area contributed by atoms with Gasteiger partial charge in [-0.05, 0) is 47.5 Å². The quantitative estimate of drug-likeness (QED) is 0.275. The van der Waals surface area contributed by atoms with Crippen molar-refractivity contribution < 1.29 is 0 Å². The fraction of sp³-hybridized carbons (Fsp3) is 0. The molecular weight excluding hydrogens is 382 g/mol. The molecule has 0 radical (unpaired) electrons. The predicted molar refractivity (Wildman–Crippen MR) is 114 cm³/mol. The van der Waals surface area contributed by atoms with Crippen molar-refractivity contribution in [2.45, 2.75) is 0 Å². The van der Waals surface area contributed by atoms with Crippen molar-refractivity contribution in [3.05, 3.63) is 89.4 Å². The Labute approximate surface area is 158 Å². The smallest absolute Gasteiger partial charge is 0.0620 e. The number of para-hydroxylation sites is 2. The molecule has 2 heteroatoms. The Balaban J connectivity index is 1.89. The lowest BCUT2D eigenvalue weighted by molar-refractivity contribution is 1.37. The Kier molecular flexibility index (Phi) is 2.81. The highest BCUT2D eigenvalue weighted by atomic mass is 79.9. The van der Waals surface area contributed by atoms with E-state index < -0.39 is 0 Å². The zero-order valence-electron chi connectivity index (χ0n) is 13.9. The van der Waals surface area contributed by atoms with Crippen LogP contribution < -0.4 is 0 Å². The van der Waals surface area contributed by atoms with Crippen LogP contribution in [0.3, 0.4) is 0 Å². The number of hydrogen-bond donors (Lipinski definition) is 0. The highest BCUT2D eigenvalue weighted by molar-refractivity contribution is 9.10. The van der Waals surface area contributed by atoms with Gasteiger partial charge in [0, 0.05) is 26.0 Å². The summed E-state index contributed by atoms with van der Waals surface area (Å²) in [6, 6.07) is 30.6. The van der Waals surface area contributed by atoms with Crippen LogP contribution in [0.2, 0.25) is 0 Å². The fourth-order valence-electron chi connectivity index (χ4n) is 4.28. The summed E-state index contributed by atoms with van der Waals surface area (Å²) in [5.41, 5.74) is 6.37. The maximum absolute atomic E-state index is 3.61. The van der Waals surface area contributed by atoms with Crippen molar-refractivity contribution in [2.75, 3.05) is 0 Å². The number of aromatic nitrogens is 1. The fourth-order valence-corrected chi connectivity index (χ4v) is 4.68. The highest BCUT2D eigenvalue weighted by Gasteiger charge is 2.18. The lowest BCUT2D eigenvalue weighted by Crippen LogP contribution is -1.79. The Hall–Kier alpha value is -2.84. The van der Waals surface area contributed by atoms with Crippen LogP contribution in [0.5, 0.6) is 0 Å². The van der Waals surface area contributed by atoms with E-state index in [9.17, 15) is 0 Å². The van der Waals surface area contributed by atoms with E-state index in [1.54, 1.807) is 0 Å². The minimum absolute atomic E-state index is 1.11. The van der Waals surface area contributed by atoms with E-state index in [0.717, 1.165) is 4.47 Å². The maximum atomic E-state index is 3.61. The molecule has 0 N–H and O–H groups in total. The third-order valence-electron chi connectivity index (χ3n) is 5.36. The van der Waals surface area contributed by atoms with Crippen LogP contribution in [-0.4, -0.2) is 4.40 Å². The van der Waals surface area contributed by atoms with Crippen LogP contribution in [0.1, 0.15) is 0 Å². The van der Waals surface area contributed by atoms with Gasteiger partial charge in [-0.3, -0.25) is 0 Å². The summed E-state index contributed by atoms with van der Waals surface area (Å²) in [5.74, 6) is 0. The van der Waals surface area contributed by atoms with Crippen LogP contribution in [-0.2, 0) is 0 Å².